The average molecular weight is 629 g/mol. The molecule has 0 saturated carbocycles. The zero-order chi connectivity index (χ0) is 33.8. The normalized spacial score (nSPS) is 15.3. The van der Waals surface area contributed by atoms with Crippen molar-refractivity contribution in [2.75, 3.05) is 24.6 Å². The van der Waals surface area contributed by atoms with Gasteiger partial charge in [-0.3, -0.25) is 4.68 Å². The van der Waals surface area contributed by atoms with Crippen molar-refractivity contribution in [2.24, 2.45) is 0 Å². The Hall–Kier alpha value is -4.08. The van der Waals surface area contributed by atoms with Crippen molar-refractivity contribution in [3.05, 3.63) is 12.3 Å². The zero-order valence-corrected chi connectivity index (χ0v) is 28.4. The summed E-state index contributed by atoms with van der Waals surface area (Å²) in [7, 11) is 0. The minimum Gasteiger partial charge on any atom is -0.477 e. The predicted molar refractivity (Wildman–Crippen MR) is 168 cm³/mol. The third kappa shape index (κ3) is 8.99. The van der Waals surface area contributed by atoms with Crippen molar-refractivity contribution in [1.82, 2.24) is 19.7 Å². The summed E-state index contributed by atoms with van der Waals surface area (Å²) >= 11 is 0. The monoisotopic (exact) mass is 628 g/mol. The first-order chi connectivity index (χ1) is 20.8. The Labute approximate surface area is 265 Å². The van der Waals surface area contributed by atoms with Crippen LogP contribution in [0.1, 0.15) is 101 Å². The van der Waals surface area contributed by atoms with Crippen molar-refractivity contribution >= 4 is 35.0 Å². The number of ether oxygens (including phenoxy) is 4. The number of pyridine rings is 1. The van der Waals surface area contributed by atoms with E-state index in [9.17, 15) is 19.6 Å². The number of likely N-dealkylation sites (tertiary alicyclic amines) is 1. The molecule has 45 heavy (non-hydrogen) atoms. The number of piperidine rings is 1. The molecule has 3 rings (SSSR count). The van der Waals surface area contributed by atoms with Crippen LogP contribution < -0.4 is 9.64 Å². The van der Waals surface area contributed by atoms with Gasteiger partial charge in [0, 0.05) is 19.3 Å². The Morgan fingerprint density at radius 1 is 0.956 bits per heavy atom. The molecule has 0 unspecified atom stereocenters. The second-order valence-electron chi connectivity index (χ2n) is 14.3. The van der Waals surface area contributed by atoms with E-state index in [2.05, 4.69) is 11.1 Å². The number of fused-ring (bicyclic) bond motifs is 1. The lowest BCUT2D eigenvalue weighted by Gasteiger charge is -2.41. The first-order valence-corrected chi connectivity index (χ1v) is 15.4. The lowest BCUT2D eigenvalue weighted by atomic mass is 9.85. The van der Waals surface area contributed by atoms with Crippen LogP contribution in [0.25, 0.3) is 10.9 Å². The van der Waals surface area contributed by atoms with Gasteiger partial charge in [-0.15, -0.1) is 0 Å². The number of anilines is 1. The second kappa shape index (κ2) is 13.5. The second-order valence-corrected chi connectivity index (χ2v) is 14.3. The fourth-order valence-corrected chi connectivity index (χ4v) is 4.86. The standard InChI is InChI=1S/C32H48N6O7/c1-11-12-21-42-25-23-22(13-18-34-25)38(32(14-17-33)15-19-36(20-16-32)26(39)43-29(2,3)4)35-24(23)37(27(40)44-30(5,6)7)28(41)45-31(8,9)10/h13,18H,11-12,14-16,19-21H2,1-10H3. The van der Waals surface area contributed by atoms with Gasteiger partial charge in [0.2, 0.25) is 5.88 Å². The summed E-state index contributed by atoms with van der Waals surface area (Å²) in [5.74, 6) is 0.0950. The number of unbranched alkanes of at least 4 members (excludes halogenated alkanes) is 1. The molecular weight excluding hydrogens is 580 g/mol. The highest BCUT2D eigenvalue weighted by molar-refractivity contribution is 6.14. The Balaban J connectivity index is 2.23. The summed E-state index contributed by atoms with van der Waals surface area (Å²) in [6.45, 7) is 18.6. The number of nitriles is 1. The zero-order valence-electron chi connectivity index (χ0n) is 28.4. The number of aromatic nitrogens is 3. The van der Waals surface area contributed by atoms with Crippen molar-refractivity contribution in [3.63, 3.8) is 0 Å². The number of carbonyl (C=O) groups is 3. The lowest BCUT2D eigenvalue weighted by molar-refractivity contribution is 0.0108. The van der Waals surface area contributed by atoms with E-state index in [1.807, 2.05) is 27.7 Å². The molecule has 1 aliphatic rings. The molecule has 3 amide bonds. The fourth-order valence-electron chi connectivity index (χ4n) is 4.86. The van der Waals surface area contributed by atoms with Crippen LogP contribution in [0, 0.1) is 11.3 Å². The van der Waals surface area contributed by atoms with Crippen LogP contribution in [-0.4, -0.2) is 74.4 Å². The summed E-state index contributed by atoms with van der Waals surface area (Å²) < 4.78 is 24.6. The highest BCUT2D eigenvalue weighted by Crippen LogP contribution is 2.42. The van der Waals surface area contributed by atoms with Crippen LogP contribution in [0.3, 0.4) is 0 Å². The van der Waals surface area contributed by atoms with Crippen LogP contribution in [0.2, 0.25) is 0 Å². The third-order valence-corrected chi connectivity index (χ3v) is 6.84. The van der Waals surface area contributed by atoms with Crippen molar-refractivity contribution in [1.29, 1.82) is 5.26 Å². The molecule has 1 aliphatic heterocycles. The molecule has 13 heteroatoms. The van der Waals surface area contributed by atoms with Gasteiger partial charge in [0.25, 0.3) is 0 Å². The smallest absolute Gasteiger partial charge is 0.425 e. The van der Waals surface area contributed by atoms with Crippen LogP contribution in [0.5, 0.6) is 5.88 Å². The van der Waals surface area contributed by atoms with Gasteiger partial charge in [-0.1, -0.05) is 13.3 Å². The molecule has 2 aromatic heterocycles. The van der Waals surface area contributed by atoms with E-state index < -0.39 is 40.6 Å². The Morgan fingerprint density at radius 3 is 2.00 bits per heavy atom. The molecule has 0 N–H and O–H groups in total. The number of hydrogen-bond donors (Lipinski definition) is 0. The van der Waals surface area contributed by atoms with Crippen LogP contribution >= 0.6 is 0 Å². The maximum atomic E-state index is 13.7. The minimum absolute atomic E-state index is 0.0542. The first-order valence-electron chi connectivity index (χ1n) is 15.4. The molecule has 0 spiro atoms. The van der Waals surface area contributed by atoms with Gasteiger partial charge in [-0.25, -0.2) is 19.4 Å². The van der Waals surface area contributed by atoms with Gasteiger partial charge in [0.1, 0.15) is 22.2 Å². The van der Waals surface area contributed by atoms with E-state index in [1.54, 1.807) is 63.4 Å². The van der Waals surface area contributed by atoms with Gasteiger partial charge in [0.15, 0.2) is 5.82 Å². The number of amides is 3. The quantitative estimate of drug-likeness (QED) is 0.233. The fraction of sp³-hybridized carbons (Fsp3) is 0.688. The summed E-state index contributed by atoms with van der Waals surface area (Å²) in [6, 6.07) is 4.00. The lowest BCUT2D eigenvalue weighted by Crippen LogP contribution is -2.49. The minimum atomic E-state index is -0.985. The van der Waals surface area contributed by atoms with Crippen LogP contribution in [0.4, 0.5) is 20.2 Å². The molecule has 3 heterocycles. The Morgan fingerprint density at radius 2 is 1.51 bits per heavy atom. The summed E-state index contributed by atoms with van der Waals surface area (Å²) in [4.78, 5) is 47.1. The maximum absolute atomic E-state index is 13.7. The molecule has 248 valence electrons. The summed E-state index contributed by atoms with van der Waals surface area (Å²) in [6.07, 6.45) is 1.57. The summed E-state index contributed by atoms with van der Waals surface area (Å²) in [5, 5.41) is 15.2. The van der Waals surface area contributed by atoms with E-state index in [1.165, 1.54) is 0 Å². The van der Waals surface area contributed by atoms with E-state index in [4.69, 9.17) is 24.0 Å². The predicted octanol–water partition coefficient (Wildman–Crippen LogP) is 6.93. The molecule has 1 fully saturated rings. The third-order valence-electron chi connectivity index (χ3n) is 6.84. The molecule has 0 radical (unpaired) electrons. The largest absolute Gasteiger partial charge is 0.477 e. The highest BCUT2D eigenvalue weighted by atomic mass is 16.6. The molecule has 0 aromatic carbocycles. The number of hydrogen-bond acceptors (Lipinski definition) is 10. The van der Waals surface area contributed by atoms with Gasteiger partial charge in [-0.05, 0) is 87.6 Å². The molecule has 13 nitrogen and oxygen atoms in total. The average Bonchev–Trinajstić information content (AvgIpc) is 3.27. The van der Waals surface area contributed by atoms with Crippen LogP contribution in [0.15, 0.2) is 12.3 Å². The van der Waals surface area contributed by atoms with E-state index >= 15 is 0 Å². The molecule has 2 aromatic rings. The van der Waals surface area contributed by atoms with Crippen molar-refractivity contribution < 1.29 is 33.3 Å². The Kier molecular flexibility index (Phi) is 10.6. The molecule has 1 saturated heterocycles. The number of carbonyl (C=O) groups excluding carboxylic acids is 3. The number of nitrogens with zero attached hydrogens (tertiary/aromatic N) is 6. The maximum Gasteiger partial charge on any atom is 0.425 e. The van der Waals surface area contributed by atoms with E-state index in [0.717, 1.165) is 17.7 Å². The van der Waals surface area contributed by atoms with E-state index in [-0.39, 0.29) is 18.1 Å². The summed E-state index contributed by atoms with van der Waals surface area (Å²) in [5.41, 5.74) is -2.92. The van der Waals surface area contributed by atoms with Crippen molar-refractivity contribution in [3.8, 4) is 11.9 Å². The molecule has 0 aliphatic carbocycles. The van der Waals surface area contributed by atoms with Gasteiger partial charge in [-0.2, -0.15) is 15.3 Å². The van der Waals surface area contributed by atoms with E-state index in [0.29, 0.717) is 43.4 Å². The van der Waals surface area contributed by atoms with Gasteiger partial charge in [0.05, 0.1) is 30.2 Å². The van der Waals surface area contributed by atoms with Gasteiger partial charge >= 0.3 is 18.3 Å². The van der Waals surface area contributed by atoms with Crippen molar-refractivity contribution in [2.45, 2.75) is 124 Å². The number of rotatable bonds is 7. The highest BCUT2D eigenvalue weighted by Gasteiger charge is 2.43. The molecular formula is C32H48N6O7. The van der Waals surface area contributed by atoms with Crippen LogP contribution in [-0.2, 0) is 19.7 Å². The topological polar surface area (TPSA) is 149 Å². The molecule has 0 atom stereocenters. The van der Waals surface area contributed by atoms with Gasteiger partial charge < -0.3 is 23.8 Å². The number of imide groups is 1. The Bertz CT molecular complexity index is 1390. The SMILES string of the molecule is CCCCOc1nccc2c1c(N(C(=O)OC(C)(C)C)C(=O)OC(C)(C)C)nn2C1(CC#N)CCN(C(=O)OC(C)(C)C)CC1. The first kappa shape index (κ1) is 35.4. The molecule has 0 bridgehead atoms.